The fourth-order valence-electron chi connectivity index (χ4n) is 5.97. The molecule has 6 nitrogen and oxygen atoms in total. The van der Waals surface area contributed by atoms with E-state index in [4.69, 9.17) is 23.7 Å². The Bertz CT molecular complexity index is 1470. The fraction of sp³-hybridized carbons (Fsp3) is 0.286. The number of ether oxygens (including phenoxy) is 5. The largest absolute Gasteiger partial charge is 0.369 e. The molecule has 0 radical (unpaired) electrons. The van der Waals surface area contributed by atoms with Crippen LogP contribution in [0.25, 0.3) is 0 Å². The molecule has 0 aromatic heterocycles. The van der Waals surface area contributed by atoms with Crippen molar-refractivity contribution >= 4 is 0 Å². The first kappa shape index (κ1) is 33.7. The van der Waals surface area contributed by atoms with E-state index in [2.05, 4.69) is 66.0 Å². The molecule has 248 valence electrons. The molecular weight excluding hydrogens is 598 g/mol. The normalized spacial score (nSPS) is 21.3. The van der Waals surface area contributed by atoms with Crippen molar-refractivity contribution in [1.82, 2.24) is 5.32 Å². The first-order chi connectivity index (χ1) is 23.8. The monoisotopic (exact) mass is 643 g/mol. The van der Waals surface area contributed by atoms with Crippen LogP contribution in [0.3, 0.4) is 0 Å². The van der Waals surface area contributed by atoms with Gasteiger partial charge < -0.3 is 29.0 Å². The Balaban J connectivity index is 1.34. The number of hydrogen-bond acceptors (Lipinski definition) is 6. The Morgan fingerprint density at radius 1 is 0.333 bits per heavy atom. The molecule has 5 aromatic carbocycles. The van der Waals surface area contributed by atoms with Crippen LogP contribution >= 0.6 is 0 Å². The van der Waals surface area contributed by atoms with Gasteiger partial charge in [-0.1, -0.05) is 152 Å². The summed E-state index contributed by atoms with van der Waals surface area (Å²) < 4.78 is 34.1. The molecule has 0 amide bonds. The third-order valence-electron chi connectivity index (χ3n) is 8.54. The summed E-state index contributed by atoms with van der Waals surface area (Å²) in [7, 11) is 0. The van der Waals surface area contributed by atoms with Crippen LogP contribution < -0.4 is 5.32 Å². The van der Waals surface area contributed by atoms with E-state index >= 15 is 0 Å². The highest BCUT2D eigenvalue weighted by Crippen LogP contribution is 2.27. The molecule has 1 saturated heterocycles. The van der Waals surface area contributed by atoms with E-state index in [9.17, 15) is 0 Å². The molecule has 0 saturated carbocycles. The SMILES string of the molecule is c1ccc(COC2[C@H](OCc3ccccc3)[C@@H](OCc3ccccc3)CNC[C@@H](OCc3ccccc3)[C@H]2OCc2ccccc2)cc1. The van der Waals surface area contributed by atoms with E-state index in [-0.39, 0.29) is 12.2 Å². The molecule has 0 bridgehead atoms. The van der Waals surface area contributed by atoms with Gasteiger partial charge in [0, 0.05) is 13.1 Å². The summed E-state index contributed by atoms with van der Waals surface area (Å²) in [6.07, 6.45) is -2.12. The van der Waals surface area contributed by atoms with E-state index in [0.717, 1.165) is 27.8 Å². The maximum absolute atomic E-state index is 6.93. The highest BCUT2D eigenvalue weighted by atomic mass is 16.6. The summed E-state index contributed by atoms with van der Waals surface area (Å²) in [6, 6.07) is 51.2. The predicted molar refractivity (Wildman–Crippen MR) is 188 cm³/mol. The van der Waals surface area contributed by atoms with Crippen molar-refractivity contribution < 1.29 is 23.7 Å². The predicted octanol–water partition coefficient (Wildman–Crippen LogP) is 7.52. The van der Waals surface area contributed by atoms with Crippen LogP contribution in [0.5, 0.6) is 0 Å². The summed E-state index contributed by atoms with van der Waals surface area (Å²) in [5.74, 6) is 0. The maximum atomic E-state index is 6.93. The first-order valence-corrected chi connectivity index (χ1v) is 16.8. The highest BCUT2D eigenvalue weighted by Gasteiger charge is 2.44. The Morgan fingerprint density at radius 2 is 0.583 bits per heavy atom. The van der Waals surface area contributed by atoms with Crippen molar-refractivity contribution in [3.8, 4) is 0 Å². The molecule has 1 heterocycles. The Morgan fingerprint density at radius 3 is 0.875 bits per heavy atom. The van der Waals surface area contributed by atoms with E-state index in [1.165, 1.54) is 0 Å². The van der Waals surface area contributed by atoms with Gasteiger partial charge in [-0.2, -0.15) is 0 Å². The van der Waals surface area contributed by atoms with Crippen LogP contribution in [-0.4, -0.2) is 43.6 Å². The number of hydrogen-bond donors (Lipinski definition) is 1. The third kappa shape index (κ3) is 10.2. The molecule has 5 aromatic rings. The minimum Gasteiger partial charge on any atom is -0.369 e. The second-order valence-electron chi connectivity index (χ2n) is 12.1. The molecule has 1 aliphatic heterocycles. The smallest absolute Gasteiger partial charge is 0.115 e. The van der Waals surface area contributed by atoms with Crippen LogP contribution in [-0.2, 0) is 56.7 Å². The lowest BCUT2D eigenvalue weighted by molar-refractivity contribution is -0.219. The second-order valence-corrected chi connectivity index (χ2v) is 12.1. The second kappa shape index (κ2) is 18.4. The quantitative estimate of drug-likeness (QED) is 0.127. The average molecular weight is 644 g/mol. The Labute approximate surface area is 284 Å². The van der Waals surface area contributed by atoms with Crippen LogP contribution in [0, 0.1) is 0 Å². The average Bonchev–Trinajstić information content (AvgIpc) is 3.15. The topological polar surface area (TPSA) is 58.2 Å². The van der Waals surface area contributed by atoms with Gasteiger partial charge in [-0.25, -0.2) is 0 Å². The summed E-state index contributed by atoms with van der Waals surface area (Å²) in [4.78, 5) is 0. The molecule has 1 aliphatic rings. The van der Waals surface area contributed by atoms with Crippen LogP contribution in [0.1, 0.15) is 27.8 Å². The molecule has 1 N–H and O–H groups in total. The fourth-order valence-corrected chi connectivity index (χ4v) is 5.97. The van der Waals surface area contributed by atoms with Crippen molar-refractivity contribution in [2.24, 2.45) is 0 Å². The third-order valence-corrected chi connectivity index (χ3v) is 8.54. The Hall–Kier alpha value is -4.14. The molecule has 0 aliphatic carbocycles. The number of nitrogens with one attached hydrogen (secondary N) is 1. The van der Waals surface area contributed by atoms with Crippen molar-refractivity contribution in [2.45, 2.75) is 63.6 Å². The lowest BCUT2D eigenvalue weighted by Crippen LogP contribution is -2.60. The zero-order valence-electron chi connectivity index (χ0n) is 27.3. The zero-order chi connectivity index (χ0) is 32.6. The molecule has 6 heteroatoms. The highest BCUT2D eigenvalue weighted by molar-refractivity contribution is 5.17. The van der Waals surface area contributed by atoms with E-state index in [0.29, 0.717) is 46.1 Å². The van der Waals surface area contributed by atoms with Crippen molar-refractivity contribution in [1.29, 1.82) is 0 Å². The van der Waals surface area contributed by atoms with Crippen LogP contribution in [0.4, 0.5) is 0 Å². The molecular formula is C42H45NO5. The maximum Gasteiger partial charge on any atom is 0.115 e. The van der Waals surface area contributed by atoms with Gasteiger partial charge in [0.1, 0.15) is 18.3 Å². The molecule has 1 fully saturated rings. The van der Waals surface area contributed by atoms with Gasteiger partial charge in [0.05, 0.1) is 45.2 Å². The zero-order valence-corrected chi connectivity index (χ0v) is 27.3. The minimum atomic E-state index is -0.513. The minimum absolute atomic E-state index is 0.326. The Kier molecular flexibility index (Phi) is 12.9. The summed E-state index contributed by atoms with van der Waals surface area (Å²) >= 11 is 0. The van der Waals surface area contributed by atoms with Gasteiger partial charge in [0.15, 0.2) is 0 Å². The van der Waals surface area contributed by atoms with Gasteiger partial charge in [0.25, 0.3) is 0 Å². The van der Waals surface area contributed by atoms with E-state index in [1.807, 2.05) is 91.0 Å². The standard InChI is InChI=1S/C42H45NO5/c1-6-16-33(17-7-1)28-44-38-26-43-27-39(45-29-34-18-8-2-9-19-34)41(47-31-36-22-12-4-13-23-36)42(48-32-37-24-14-5-15-25-37)40(38)46-30-35-20-10-3-11-21-35/h1-25,38-43H,26-32H2/t38-,39+,40-,41-,42?/m1/s1. The summed E-state index contributed by atoms with van der Waals surface area (Å²) in [6.45, 7) is 3.24. The molecule has 0 spiro atoms. The lowest BCUT2D eigenvalue weighted by Gasteiger charge is -2.42. The van der Waals surface area contributed by atoms with Crippen LogP contribution in [0.15, 0.2) is 152 Å². The molecule has 1 unspecified atom stereocenters. The summed E-state index contributed by atoms with van der Waals surface area (Å²) in [5.41, 5.74) is 5.43. The van der Waals surface area contributed by atoms with Gasteiger partial charge in [0.2, 0.25) is 0 Å². The number of rotatable bonds is 15. The van der Waals surface area contributed by atoms with E-state index in [1.54, 1.807) is 0 Å². The molecule has 48 heavy (non-hydrogen) atoms. The van der Waals surface area contributed by atoms with Gasteiger partial charge in [-0.3, -0.25) is 0 Å². The molecule has 6 rings (SSSR count). The first-order valence-electron chi connectivity index (χ1n) is 16.8. The van der Waals surface area contributed by atoms with E-state index < -0.39 is 18.3 Å². The summed E-state index contributed by atoms with van der Waals surface area (Å²) in [5, 5.41) is 3.65. The van der Waals surface area contributed by atoms with Crippen molar-refractivity contribution in [3.63, 3.8) is 0 Å². The van der Waals surface area contributed by atoms with Crippen molar-refractivity contribution in [2.75, 3.05) is 13.1 Å². The van der Waals surface area contributed by atoms with Crippen molar-refractivity contribution in [3.05, 3.63) is 179 Å². The van der Waals surface area contributed by atoms with Gasteiger partial charge >= 0.3 is 0 Å². The van der Waals surface area contributed by atoms with Gasteiger partial charge in [-0.05, 0) is 27.8 Å². The lowest BCUT2D eigenvalue weighted by atomic mass is 9.95. The van der Waals surface area contributed by atoms with Gasteiger partial charge in [-0.15, -0.1) is 0 Å². The molecule has 5 atom stereocenters. The number of benzene rings is 5. The van der Waals surface area contributed by atoms with Crippen LogP contribution in [0.2, 0.25) is 0 Å².